The van der Waals surface area contributed by atoms with Gasteiger partial charge in [-0.25, -0.2) is 12.7 Å². The van der Waals surface area contributed by atoms with Crippen LogP contribution in [0.3, 0.4) is 0 Å². The topological polar surface area (TPSA) is 67.2 Å². The molecule has 6 nitrogen and oxygen atoms in total. The van der Waals surface area contributed by atoms with Crippen molar-refractivity contribution in [1.29, 1.82) is 0 Å². The van der Waals surface area contributed by atoms with Gasteiger partial charge in [0, 0.05) is 37.4 Å². The lowest BCUT2D eigenvalue weighted by Gasteiger charge is -2.30. The lowest BCUT2D eigenvalue weighted by molar-refractivity contribution is 0.290. The molecule has 0 unspecified atom stereocenters. The van der Waals surface area contributed by atoms with Crippen molar-refractivity contribution < 1.29 is 8.42 Å². The summed E-state index contributed by atoms with van der Waals surface area (Å²) in [7, 11) is -3.05. The molecule has 24 heavy (non-hydrogen) atoms. The SMILES string of the molecule is CS(=O)(=O)N1CCC(NCc2cnn(Cc3ccccc3)c2)CC1. The van der Waals surface area contributed by atoms with Crippen molar-refractivity contribution in [2.75, 3.05) is 19.3 Å². The largest absolute Gasteiger partial charge is 0.310 e. The van der Waals surface area contributed by atoms with Crippen LogP contribution in [0, 0.1) is 0 Å². The monoisotopic (exact) mass is 348 g/mol. The molecule has 1 aliphatic heterocycles. The van der Waals surface area contributed by atoms with Crippen LogP contribution < -0.4 is 5.32 Å². The summed E-state index contributed by atoms with van der Waals surface area (Å²) in [5.74, 6) is 0. The number of nitrogens with one attached hydrogen (secondary N) is 1. The van der Waals surface area contributed by atoms with Crippen molar-refractivity contribution in [2.24, 2.45) is 0 Å². The molecule has 1 N–H and O–H groups in total. The summed E-state index contributed by atoms with van der Waals surface area (Å²) in [6.45, 7) is 2.74. The summed E-state index contributed by atoms with van der Waals surface area (Å²) < 4.78 is 26.5. The fourth-order valence-electron chi connectivity index (χ4n) is 3.01. The smallest absolute Gasteiger partial charge is 0.211 e. The highest BCUT2D eigenvalue weighted by molar-refractivity contribution is 7.88. The molecule has 0 aliphatic carbocycles. The Hall–Kier alpha value is -1.70. The number of hydrogen-bond donors (Lipinski definition) is 1. The molecular formula is C17H24N4O2S. The fraction of sp³-hybridized carbons (Fsp3) is 0.471. The minimum absolute atomic E-state index is 0.362. The molecule has 0 atom stereocenters. The maximum absolute atomic E-state index is 11.5. The van der Waals surface area contributed by atoms with Crippen molar-refractivity contribution >= 4 is 10.0 Å². The van der Waals surface area contributed by atoms with Crippen molar-refractivity contribution in [3.8, 4) is 0 Å². The molecule has 1 aromatic carbocycles. The number of nitrogens with zero attached hydrogens (tertiary/aromatic N) is 3. The zero-order valence-electron chi connectivity index (χ0n) is 13.9. The normalized spacial score (nSPS) is 17.2. The predicted octanol–water partition coefficient (Wildman–Crippen LogP) is 1.45. The quantitative estimate of drug-likeness (QED) is 0.858. The first-order valence-corrected chi connectivity index (χ1v) is 10.1. The van der Waals surface area contributed by atoms with E-state index in [0.717, 1.165) is 31.5 Å². The van der Waals surface area contributed by atoms with Crippen LogP contribution in [-0.2, 0) is 23.1 Å². The maximum Gasteiger partial charge on any atom is 0.211 e. The third-order valence-corrected chi connectivity index (χ3v) is 5.70. The zero-order chi connectivity index (χ0) is 17.0. The Morgan fingerprint density at radius 3 is 2.54 bits per heavy atom. The highest BCUT2D eigenvalue weighted by Crippen LogP contribution is 2.14. The van der Waals surface area contributed by atoms with Gasteiger partial charge in [0.15, 0.2) is 0 Å². The van der Waals surface area contributed by atoms with E-state index >= 15 is 0 Å². The number of benzene rings is 1. The lowest BCUT2D eigenvalue weighted by atomic mass is 10.1. The van der Waals surface area contributed by atoms with E-state index in [1.807, 2.05) is 29.1 Å². The van der Waals surface area contributed by atoms with Gasteiger partial charge in [0.25, 0.3) is 0 Å². The number of rotatable bonds is 6. The van der Waals surface area contributed by atoms with Gasteiger partial charge in [-0.2, -0.15) is 5.10 Å². The summed E-state index contributed by atoms with van der Waals surface area (Å²) >= 11 is 0. The molecule has 7 heteroatoms. The van der Waals surface area contributed by atoms with E-state index in [9.17, 15) is 8.42 Å². The standard InChI is InChI=1S/C17H24N4O2S/c1-24(22,23)21-9-7-17(8-10-21)18-11-16-12-19-20(14-16)13-15-5-3-2-4-6-15/h2-6,12,14,17-18H,7-11,13H2,1H3. The third-order valence-electron chi connectivity index (χ3n) is 4.39. The molecule has 0 spiro atoms. The van der Waals surface area contributed by atoms with E-state index in [4.69, 9.17) is 0 Å². The second-order valence-electron chi connectivity index (χ2n) is 6.35. The maximum atomic E-state index is 11.5. The van der Waals surface area contributed by atoms with Crippen LogP contribution in [0.5, 0.6) is 0 Å². The number of piperidine rings is 1. The molecule has 1 aliphatic rings. The van der Waals surface area contributed by atoms with Crippen molar-refractivity contribution in [3.63, 3.8) is 0 Å². The molecule has 0 amide bonds. The van der Waals surface area contributed by atoms with Gasteiger partial charge in [0.05, 0.1) is 19.0 Å². The van der Waals surface area contributed by atoms with E-state index < -0.39 is 10.0 Å². The first kappa shape index (κ1) is 17.1. The molecule has 0 saturated carbocycles. The van der Waals surface area contributed by atoms with Crippen LogP contribution in [-0.4, -0.2) is 47.9 Å². The van der Waals surface area contributed by atoms with Gasteiger partial charge in [-0.05, 0) is 18.4 Å². The van der Waals surface area contributed by atoms with Gasteiger partial charge in [0.1, 0.15) is 0 Å². The first-order chi connectivity index (χ1) is 11.5. The molecule has 3 rings (SSSR count). The minimum atomic E-state index is -3.05. The third kappa shape index (κ3) is 4.66. The lowest BCUT2D eigenvalue weighted by Crippen LogP contribution is -2.44. The Morgan fingerprint density at radius 1 is 1.17 bits per heavy atom. The first-order valence-electron chi connectivity index (χ1n) is 8.24. The Bertz CT molecular complexity index is 750. The summed E-state index contributed by atoms with van der Waals surface area (Å²) in [4.78, 5) is 0. The average molecular weight is 348 g/mol. The number of aromatic nitrogens is 2. The number of hydrogen-bond acceptors (Lipinski definition) is 4. The molecular weight excluding hydrogens is 324 g/mol. The van der Waals surface area contributed by atoms with Gasteiger partial charge in [-0.15, -0.1) is 0 Å². The van der Waals surface area contributed by atoms with Crippen molar-refractivity contribution in [2.45, 2.75) is 32.0 Å². The van der Waals surface area contributed by atoms with Crippen LogP contribution in [0.25, 0.3) is 0 Å². The van der Waals surface area contributed by atoms with Crippen molar-refractivity contribution in [3.05, 3.63) is 53.9 Å². The van der Waals surface area contributed by atoms with E-state index in [0.29, 0.717) is 19.1 Å². The second-order valence-corrected chi connectivity index (χ2v) is 8.33. The summed E-state index contributed by atoms with van der Waals surface area (Å²) in [6.07, 6.45) is 6.94. The van der Waals surface area contributed by atoms with Gasteiger partial charge < -0.3 is 5.32 Å². The van der Waals surface area contributed by atoms with Crippen LogP contribution >= 0.6 is 0 Å². The van der Waals surface area contributed by atoms with E-state index in [-0.39, 0.29) is 0 Å². The van der Waals surface area contributed by atoms with E-state index in [2.05, 4.69) is 28.7 Å². The van der Waals surface area contributed by atoms with Gasteiger partial charge >= 0.3 is 0 Å². The Labute approximate surface area is 143 Å². The molecule has 0 radical (unpaired) electrons. The van der Waals surface area contributed by atoms with Crippen LogP contribution in [0.2, 0.25) is 0 Å². The minimum Gasteiger partial charge on any atom is -0.310 e. The van der Waals surface area contributed by atoms with Gasteiger partial charge in [-0.3, -0.25) is 4.68 Å². The van der Waals surface area contributed by atoms with Crippen molar-refractivity contribution in [1.82, 2.24) is 19.4 Å². The zero-order valence-corrected chi connectivity index (χ0v) is 14.7. The van der Waals surface area contributed by atoms with E-state index in [1.54, 1.807) is 4.31 Å². The van der Waals surface area contributed by atoms with Crippen LogP contribution in [0.1, 0.15) is 24.0 Å². The molecule has 2 heterocycles. The van der Waals surface area contributed by atoms with E-state index in [1.165, 1.54) is 11.8 Å². The van der Waals surface area contributed by atoms with Gasteiger partial charge in [-0.1, -0.05) is 30.3 Å². The summed E-state index contributed by atoms with van der Waals surface area (Å²) in [6, 6.07) is 10.6. The van der Waals surface area contributed by atoms with Crippen LogP contribution in [0.15, 0.2) is 42.7 Å². The molecule has 2 aromatic rings. The second kappa shape index (κ2) is 7.46. The average Bonchev–Trinajstić information content (AvgIpc) is 3.01. The fourth-order valence-corrected chi connectivity index (χ4v) is 3.88. The van der Waals surface area contributed by atoms with Gasteiger partial charge in [0.2, 0.25) is 10.0 Å². The molecule has 1 fully saturated rings. The Kier molecular flexibility index (Phi) is 5.33. The molecule has 1 aromatic heterocycles. The Morgan fingerprint density at radius 2 is 1.88 bits per heavy atom. The molecule has 130 valence electrons. The summed E-state index contributed by atoms with van der Waals surface area (Å²) in [5.41, 5.74) is 2.38. The molecule has 0 bridgehead atoms. The number of sulfonamides is 1. The Balaban J connectivity index is 1.46. The molecule has 1 saturated heterocycles. The highest BCUT2D eigenvalue weighted by atomic mass is 32.2. The highest BCUT2D eigenvalue weighted by Gasteiger charge is 2.24. The predicted molar refractivity (Wildman–Crippen MR) is 94.0 cm³/mol. The summed E-state index contributed by atoms with van der Waals surface area (Å²) in [5, 5.41) is 7.92. The van der Waals surface area contributed by atoms with Crippen LogP contribution in [0.4, 0.5) is 0 Å².